The Hall–Kier alpha value is -3.23. The number of nitrogens with one attached hydrogen (secondary N) is 1. The van der Waals surface area contributed by atoms with Crippen molar-refractivity contribution in [3.63, 3.8) is 0 Å². The Morgan fingerprint density at radius 2 is 2.18 bits per heavy atom. The van der Waals surface area contributed by atoms with Gasteiger partial charge in [0.1, 0.15) is 24.4 Å². The van der Waals surface area contributed by atoms with Gasteiger partial charge in [0.2, 0.25) is 5.91 Å². The molecule has 0 atom stereocenters. The molecule has 3 aromatic rings. The summed E-state index contributed by atoms with van der Waals surface area (Å²) in [5, 5.41) is 14.6. The number of hydrogen-bond acceptors (Lipinski definition) is 6. The third-order valence-corrected chi connectivity index (χ3v) is 5.84. The number of carbonyl (C=O) groups is 2. The molecule has 0 unspecified atom stereocenters. The predicted octanol–water partition coefficient (Wildman–Crippen LogP) is 1.72. The molecule has 3 aliphatic rings. The third-order valence-electron chi connectivity index (χ3n) is 5.84. The van der Waals surface area contributed by atoms with Crippen LogP contribution in [-0.2, 0) is 10.2 Å². The number of amides is 2. The molecule has 1 spiro atoms. The van der Waals surface area contributed by atoms with Gasteiger partial charge in [-0.3, -0.25) is 9.59 Å². The lowest BCUT2D eigenvalue weighted by Crippen LogP contribution is -2.46. The number of rotatable bonds is 4. The Bertz CT molecular complexity index is 1120. The van der Waals surface area contributed by atoms with Crippen molar-refractivity contribution in [2.24, 2.45) is 0 Å². The Morgan fingerprint density at radius 3 is 2.96 bits per heavy atom. The van der Waals surface area contributed by atoms with Crippen LogP contribution in [0.4, 0.5) is 5.82 Å². The van der Waals surface area contributed by atoms with Gasteiger partial charge in [0.15, 0.2) is 11.5 Å². The van der Waals surface area contributed by atoms with Crippen LogP contribution < -0.4 is 5.32 Å². The molecule has 2 aliphatic carbocycles. The second kappa shape index (κ2) is 5.40. The molecule has 3 aromatic heterocycles. The maximum atomic E-state index is 13.0. The van der Waals surface area contributed by atoms with Crippen LogP contribution >= 0.6 is 0 Å². The van der Waals surface area contributed by atoms with Gasteiger partial charge in [-0.2, -0.15) is 4.52 Å². The average Bonchev–Trinajstić information content (AvgIpc) is 3.58. The largest absolute Gasteiger partial charge is 0.464 e. The summed E-state index contributed by atoms with van der Waals surface area (Å²) in [6.45, 7) is 0.521. The van der Waals surface area contributed by atoms with E-state index in [0.717, 1.165) is 37.2 Å². The average molecular weight is 378 g/mol. The lowest BCUT2D eigenvalue weighted by atomic mass is 9.93. The maximum Gasteiger partial charge on any atom is 0.257 e. The van der Waals surface area contributed by atoms with E-state index < -0.39 is 0 Å². The second-order valence-corrected chi connectivity index (χ2v) is 8.01. The highest BCUT2D eigenvalue weighted by molar-refractivity contribution is 6.01. The van der Waals surface area contributed by atoms with Crippen molar-refractivity contribution in [2.45, 2.75) is 37.0 Å². The Morgan fingerprint density at radius 1 is 1.32 bits per heavy atom. The number of carbonyl (C=O) groups excluding carboxylic acids is 2. The van der Waals surface area contributed by atoms with E-state index in [1.165, 1.54) is 10.8 Å². The molecule has 1 N–H and O–H groups in total. The number of furan rings is 1. The summed E-state index contributed by atoms with van der Waals surface area (Å²) in [4.78, 5) is 27.2. The van der Waals surface area contributed by atoms with E-state index in [9.17, 15) is 9.59 Å². The molecular formula is C19H18N6O3. The van der Waals surface area contributed by atoms with Crippen LogP contribution in [0.15, 0.2) is 28.9 Å². The van der Waals surface area contributed by atoms with Gasteiger partial charge >= 0.3 is 0 Å². The van der Waals surface area contributed by atoms with E-state index in [1.807, 2.05) is 6.07 Å². The van der Waals surface area contributed by atoms with Crippen molar-refractivity contribution < 1.29 is 14.0 Å². The molecular weight excluding hydrogens is 360 g/mol. The number of hydrogen-bond donors (Lipinski definition) is 1. The molecule has 0 saturated heterocycles. The fourth-order valence-corrected chi connectivity index (χ4v) is 4.03. The van der Waals surface area contributed by atoms with E-state index >= 15 is 0 Å². The smallest absolute Gasteiger partial charge is 0.257 e. The first-order chi connectivity index (χ1) is 13.6. The molecule has 6 rings (SSSR count). The molecule has 2 amide bonds. The molecule has 9 nitrogen and oxygen atoms in total. The number of nitrogens with zero attached hydrogens (tertiary/aromatic N) is 5. The van der Waals surface area contributed by atoms with Crippen LogP contribution in [-0.4, -0.2) is 49.6 Å². The molecule has 1 aliphatic heterocycles. The summed E-state index contributed by atoms with van der Waals surface area (Å²) in [5.74, 6) is 2.23. The van der Waals surface area contributed by atoms with E-state index in [0.29, 0.717) is 29.5 Å². The molecule has 2 fully saturated rings. The minimum absolute atomic E-state index is 0.00807. The molecule has 9 heteroatoms. The third kappa shape index (κ3) is 2.42. The number of fused-ring (bicyclic) bond motifs is 3. The summed E-state index contributed by atoms with van der Waals surface area (Å²) in [7, 11) is 0. The Kier molecular flexibility index (Phi) is 3.05. The molecule has 0 bridgehead atoms. The SMILES string of the molecule is O=C(CN1CC2(CC2)c2oc(C3CC3)cc2C1=O)Nc1ccc2nncn2n1. The van der Waals surface area contributed by atoms with E-state index in [-0.39, 0.29) is 23.8 Å². The fourth-order valence-electron chi connectivity index (χ4n) is 4.03. The van der Waals surface area contributed by atoms with Crippen molar-refractivity contribution >= 4 is 23.3 Å². The zero-order valence-corrected chi connectivity index (χ0v) is 15.1. The van der Waals surface area contributed by atoms with Crippen molar-refractivity contribution in [3.8, 4) is 0 Å². The fraction of sp³-hybridized carbons (Fsp3) is 0.421. The molecule has 4 heterocycles. The van der Waals surface area contributed by atoms with E-state index in [1.54, 1.807) is 17.0 Å². The Balaban J connectivity index is 1.22. The topological polar surface area (TPSA) is 106 Å². The molecule has 142 valence electrons. The quantitative estimate of drug-likeness (QED) is 0.741. The highest BCUT2D eigenvalue weighted by Gasteiger charge is 2.55. The molecule has 28 heavy (non-hydrogen) atoms. The predicted molar refractivity (Wildman–Crippen MR) is 96.9 cm³/mol. The summed E-state index contributed by atoms with van der Waals surface area (Å²) in [6, 6.07) is 5.29. The van der Waals surface area contributed by atoms with Gasteiger partial charge in [-0.05, 0) is 43.9 Å². The Labute approximate surface area is 159 Å². The van der Waals surface area contributed by atoms with E-state index in [4.69, 9.17) is 4.42 Å². The van der Waals surface area contributed by atoms with Gasteiger partial charge in [0.05, 0.1) is 5.56 Å². The van der Waals surface area contributed by atoms with Gasteiger partial charge in [-0.25, -0.2) is 0 Å². The van der Waals surface area contributed by atoms with Crippen molar-refractivity contribution in [1.82, 2.24) is 24.7 Å². The molecule has 0 aromatic carbocycles. The minimum Gasteiger partial charge on any atom is -0.464 e. The first-order valence-corrected chi connectivity index (χ1v) is 9.52. The lowest BCUT2D eigenvalue weighted by Gasteiger charge is -2.31. The zero-order valence-electron chi connectivity index (χ0n) is 15.1. The zero-order chi connectivity index (χ0) is 18.9. The highest BCUT2D eigenvalue weighted by Crippen LogP contribution is 2.54. The minimum atomic E-state index is -0.279. The van der Waals surface area contributed by atoms with Crippen molar-refractivity contribution in [1.29, 1.82) is 0 Å². The van der Waals surface area contributed by atoms with Crippen molar-refractivity contribution in [3.05, 3.63) is 41.6 Å². The molecule has 0 radical (unpaired) electrons. The number of aromatic nitrogens is 4. The van der Waals surface area contributed by atoms with Gasteiger partial charge in [0, 0.05) is 17.9 Å². The highest BCUT2D eigenvalue weighted by atomic mass is 16.3. The van der Waals surface area contributed by atoms with Crippen molar-refractivity contribution in [2.75, 3.05) is 18.4 Å². The van der Waals surface area contributed by atoms with E-state index in [2.05, 4.69) is 20.6 Å². The maximum absolute atomic E-state index is 13.0. The van der Waals surface area contributed by atoms with Crippen LogP contribution in [0.5, 0.6) is 0 Å². The van der Waals surface area contributed by atoms with Crippen LogP contribution in [0.1, 0.15) is 53.5 Å². The monoisotopic (exact) mass is 378 g/mol. The van der Waals surface area contributed by atoms with Gasteiger partial charge in [-0.15, -0.1) is 15.3 Å². The summed E-state index contributed by atoms with van der Waals surface area (Å²) in [6.07, 6.45) is 5.71. The standard InChI is InChI=1S/C19H18N6O3/c26-16(21-14-3-4-15-22-20-10-25(15)23-14)8-24-9-19(5-6-19)17-12(18(24)27)7-13(28-17)11-1-2-11/h3-4,7,10-11H,1-2,5-6,8-9H2,(H,21,23,26). The second-order valence-electron chi connectivity index (χ2n) is 8.01. The van der Waals surface area contributed by atoms with Crippen LogP contribution in [0.2, 0.25) is 0 Å². The van der Waals surface area contributed by atoms with Crippen LogP contribution in [0.25, 0.3) is 5.65 Å². The lowest BCUT2D eigenvalue weighted by molar-refractivity contribution is -0.117. The summed E-state index contributed by atoms with van der Waals surface area (Å²) >= 11 is 0. The summed E-state index contributed by atoms with van der Waals surface area (Å²) < 4.78 is 7.57. The summed E-state index contributed by atoms with van der Waals surface area (Å²) in [5.41, 5.74) is 1.14. The van der Waals surface area contributed by atoms with Gasteiger partial charge in [-0.1, -0.05) is 0 Å². The number of anilines is 1. The molecule has 2 saturated carbocycles. The van der Waals surface area contributed by atoms with Crippen LogP contribution in [0, 0.1) is 0 Å². The van der Waals surface area contributed by atoms with Gasteiger partial charge < -0.3 is 14.6 Å². The van der Waals surface area contributed by atoms with Gasteiger partial charge in [0.25, 0.3) is 5.91 Å². The normalized spacial score (nSPS) is 19.9. The first-order valence-electron chi connectivity index (χ1n) is 9.52. The van der Waals surface area contributed by atoms with Crippen LogP contribution in [0.3, 0.4) is 0 Å². The first kappa shape index (κ1) is 15.8.